The standard InChI is InChI=1S/C19H19NO4/c1-13(11-16(21)18-7-4-10-23-18)20-19(22)9-8-15-12-14-5-2-3-6-17(14)24-15/h2-10,12-13,16,21H,11H2,1H3,(H,20,22)/b9-8+. The van der Waals surface area contributed by atoms with E-state index in [9.17, 15) is 9.90 Å². The number of aliphatic hydroxyl groups is 1. The summed E-state index contributed by atoms with van der Waals surface area (Å²) in [4.78, 5) is 12.0. The Hall–Kier alpha value is -2.79. The van der Waals surface area contributed by atoms with Crippen LogP contribution in [0.4, 0.5) is 0 Å². The Morgan fingerprint density at radius 2 is 2.12 bits per heavy atom. The molecule has 0 aliphatic heterocycles. The van der Waals surface area contributed by atoms with E-state index in [2.05, 4.69) is 5.32 Å². The maximum atomic E-state index is 12.0. The topological polar surface area (TPSA) is 75.6 Å². The first-order valence-electron chi connectivity index (χ1n) is 7.80. The minimum absolute atomic E-state index is 0.196. The second kappa shape index (κ2) is 7.19. The second-order valence-electron chi connectivity index (χ2n) is 5.70. The highest BCUT2D eigenvalue weighted by Crippen LogP contribution is 2.20. The van der Waals surface area contributed by atoms with Crippen molar-refractivity contribution in [3.8, 4) is 0 Å². The molecule has 1 aromatic carbocycles. The summed E-state index contributed by atoms with van der Waals surface area (Å²) < 4.78 is 10.8. The Bertz CT molecular complexity index is 799. The fourth-order valence-electron chi connectivity index (χ4n) is 2.52. The lowest BCUT2D eigenvalue weighted by Gasteiger charge is -2.15. The summed E-state index contributed by atoms with van der Waals surface area (Å²) in [6.45, 7) is 1.83. The van der Waals surface area contributed by atoms with Crippen molar-refractivity contribution in [2.24, 2.45) is 0 Å². The van der Waals surface area contributed by atoms with E-state index < -0.39 is 6.10 Å². The number of benzene rings is 1. The number of carbonyl (C=O) groups is 1. The molecule has 0 saturated carbocycles. The average molecular weight is 325 g/mol. The average Bonchev–Trinajstić information content (AvgIpc) is 3.21. The van der Waals surface area contributed by atoms with Crippen LogP contribution in [-0.4, -0.2) is 17.1 Å². The summed E-state index contributed by atoms with van der Waals surface area (Å²) in [5.41, 5.74) is 0.785. The highest BCUT2D eigenvalue weighted by atomic mass is 16.4. The molecule has 2 aromatic heterocycles. The van der Waals surface area contributed by atoms with Gasteiger partial charge >= 0.3 is 0 Å². The number of rotatable bonds is 6. The third-order valence-corrected chi connectivity index (χ3v) is 3.68. The van der Waals surface area contributed by atoms with Crippen molar-refractivity contribution in [2.75, 3.05) is 0 Å². The summed E-state index contributed by atoms with van der Waals surface area (Å²) in [6, 6.07) is 12.8. The van der Waals surface area contributed by atoms with E-state index in [0.29, 0.717) is 17.9 Å². The van der Waals surface area contributed by atoms with Crippen molar-refractivity contribution in [1.82, 2.24) is 5.32 Å². The van der Waals surface area contributed by atoms with Crippen molar-refractivity contribution in [3.63, 3.8) is 0 Å². The Kier molecular flexibility index (Phi) is 4.82. The highest BCUT2D eigenvalue weighted by Gasteiger charge is 2.15. The van der Waals surface area contributed by atoms with Crippen LogP contribution in [0.1, 0.15) is 31.0 Å². The Morgan fingerprint density at radius 3 is 2.88 bits per heavy atom. The second-order valence-corrected chi connectivity index (χ2v) is 5.70. The molecular formula is C19H19NO4. The van der Waals surface area contributed by atoms with Crippen LogP contribution < -0.4 is 5.32 Å². The molecule has 0 fully saturated rings. The van der Waals surface area contributed by atoms with E-state index in [-0.39, 0.29) is 11.9 Å². The lowest BCUT2D eigenvalue weighted by Crippen LogP contribution is -2.32. The van der Waals surface area contributed by atoms with E-state index in [4.69, 9.17) is 8.83 Å². The van der Waals surface area contributed by atoms with Crippen LogP contribution in [0.25, 0.3) is 17.0 Å². The molecule has 0 spiro atoms. The number of aliphatic hydroxyl groups excluding tert-OH is 1. The largest absolute Gasteiger partial charge is 0.467 e. The highest BCUT2D eigenvalue weighted by molar-refractivity contribution is 5.92. The van der Waals surface area contributed by atoms with Crippen molar-refractivity contribution < 1.29 is 18.7 Å². The number of hydrogen-bond donors (Lipinski definition) is 2. The summed E-state index contributed by atoms with van der Waals surface area (Å²) >= 11 is 0. The molecule has 0 radical (unpaired) electrons. The quantitative estimate of drug-likeness (QED) is 0.678. The van der Waals surface area contributed by atoms with Crippen LogP contribution in [0, 0.1) is 0 Å². The molecular weight excluding hydrogens is 306 g/mol. The minimum Gasteiger partial charge on any atom is -0.467 e. The molecule has 124 valence electrons. The lowest BCUT2D eigenvalue weighted by molar-refractivity contribution is -0.117. The van der Waals surface area contributed by atoms with Gasteiger partial charge in [0.25, 0.3) is 0 Å². The normalized spacial score (nSPS) is 14.1. The van der Waals surface area contributed by atoms with Gasteiger partial charge in [0.05, 0.1) is 6.26 Å². The van der Waals surface area contributed by atoms with E-state index in [1.807, 2.05) is 37.3 Å². The van der Waals surface area contributed by atoms with Crippen molar-refractivity contribution >= 4 is 23.0 Å². The molecule has 3 aromatic rings. The molecule has 24 heavy (non-hydrogen) atoms. The molecule has 5 nitrogen and oxygen atoms in total. The minimum atomic E-state index is -0.741. The smallest absolute Gasteiger partial charge is 0.244 e. The molecule has 0 aliphatic rings. The summed E-state index contributed by atoms with van der Waals surface area (Å²) in [5, 5.41) is 13.8. The number of fused-ring (bicyclic) bond motifs is 1. The van der Waals surface area contributed by atoms with Crippen LogP contribution in [0.15, 0.2) is 63.6 Å². The van der Waals surface area contributed by atoms with Crippen LogP contribution in [0.5, 0.6) is 0 Å². The lowest BCUT2D eigenvalue weighted by atomic mass is 10.1. The molecule has 2 N–H and O–H groups in total. The number of amides is 1. The molecule has 2 heterocycles. The molecule has 0 saturated heterocycles. The molecule has 5 heteroatoms. The summed E-state index contributed by atoms with van der Waals surface area (Å²) in [7, 11) is 0. The van der Waals surface area contributed by atoms with E-state index >= 15 is 0 Å². The first-order valence-corrected chi connectivity index (χ1v) is 7.80. The van der Waals surface area contributed by atoms with Crippen LogP contribution in [0.2, 0.25) is 0 Å². The van der Waals surface area contributed by atoms with Crippen molar-refractivity contribution in [3.05, 3.63) is 66.3 Å². The third-order valence-electron chi connectivity index (χ3n) is 3.68. The number of para-hydroxylation sites is 1. The van der Waals surface area contributed by atoms with Gasteiger partial charge in [-0.15, -0.1) is 0 Å². The zero-order chi connectivity index (χ0) is 16.9. The third kappa shape index (κ3) is 3.94. The number of carbonyl (C=O) groups excluding carboxylic acids is 1. The Balaban J connectivity index is 1.54. The zero-order valence-corrected chi connectivity index (χ0v) is 13.3. The van der Waals surface area contributed by atoms with E-state index in [0.717, 1.165) is 11.0 Å². The van der Waals surface area contributed by atoms with Crippen LogP contribution in [-0.2, 0) is 4.79 Å². The van der Waals surface area contributed by atoms with Crippen LogP contribution in [0.3, 0.4) is 0 Å². The fraction of sp³-hybridized carbons (Fsp3) is 0.211. The first kappa shape index (κ1) is 16.1. The first-order chi connectivity index (χ1) is 11.6. The van der Waals surface area contributed by atoms with Gasteiger partial charge in [-0.25, -0.2) is 0 Å². The maximum absolute atomic E-state index is 12.0. The van der Waals surface area contributed by atoms with Gasteiger partial charge in [0.2, 0.25) is 5.91 Å². The monoisotopic (exact) mass is 325 g/mol. The predicted octanol–water partition coefficient (Wildman–Crippen LogP) is 3.67. The van der Waals surface area contributed by atoms with Gasteiger partial charge in [-0.3, -0.25) is 4.79 Å². The zero-order valence-electron chi connectivity index (χ0n) is 13.3. The van der Waals surface area contributed by atoms with Crippen molar-refractivity contribution in [2.45, 2.75) is 25.5 Å². The molecule has 1 amide bonds. The fourth-order valence-corrected chi connectivity index (χ4v) is 2.52. The maximum Gasteiger partial charge on any atom is 0.244 e. The van der Waals surface area contributed by atoms with E-state index in [1.165, 1.54) is 12.3 Å². The van der Waals surface area contributed by atoms with Gasteiger partial charge < -0.3 is 19.3 Å². The molecule has 2 unspecified atom stereocenters. The van der Waals surface area contributed by atoms with Gasteiger partial charge in [0.1, 0.15) is 23.2 Å². The number of nitrogens with one attached hydrogen (secondary N) is 1. The van der Waals surface area contributed by atoms with Crippen molar-refractivity contribution in [1.29, 1.82) is 0 Å². The molecule has 0 bridgehead atoms. The van der Waals surface area contributed by atoms with Crippen LogP contribution >= 0.6 is 0 Å². The van der Waals surface area contributed by atoms with Gasteiger partial charge in [-0.2, -0.15) is 0 Å². The summed E-state index contributed by atoms with van der Waals surface area (Å²) in [5.74, 6) is 0.873. The Morgan fingerprint density at radius 1 is 1.29 bits per heavy atom. The number of furan rings is 2. The SMILES string of the molecule is CC(CC(O)c1ccco1)NC(=O)/C=C/c1cc2ccccc2o1. The van der Waals surface area contributed by atoms with Gasteiger partial charge in [0.15, 0.2) is 0 Å². The van der Waals surface area contributed by atoms with Gasteiger partial charge in [-0.05, 0) is 37.3 Å². The number of hydrogen-bond acceptors (Lipinski definition) is 4. The Labute approximate surface area is 139 Å². The summed E-state index contributed by atoms with van der Waals surface area (Å²) in [6.07, 6.45) is 4.20. The molecule has 3 rings (SSSR count). The van der Waals surface area contributed by atoms with E-state index in [1.54, 1.807) is 18.2 Å². The molecule has 2 atom stereocenters. The van der Waals surface area contributed by atoms with Gasteiger partial charge in [0, 0.05) is 23.9 Å². The van der Waals surface area contributed by atoms with Gasteiger partial charge in [-0.1, -0.05) is 18.2 Å². The molecule has 0 aliphatic carbocycles. The predicted molar refractivity (Wildman–Crippen MR) is 91.1 cm³/mol.